The first kappa shape index (κ1) is 20.0. The first-order valence-corrected chi connectivity index (χ1v) is 10.0. The molecule has 1 N–H and O–H groups in total. The van der Waals surface area contributed by atoms with E-state index in [1.54, 1.807) is 0 Å². The molecule has 0 spiro atoms. The van der Waals surface area contributed by atoms with E-state index in [2.05, 4.69) is 10.3 Å². The van der Waals surface area contributed by atoms with Gasteiger partial charge in [-0.15, -0.1) is 11.3 Å². The van der Waals surface area contributed by atoms with Crippen molar-refractivity contribution < 1.29 is 14.3 Å². The number of thiazole rings is 1. The Balaban J connectivity index is 1.39. The van der Waals surface area contributed by atoms with E-state index in [0.29, 0.717) is 17.1 Å². The van der Waals surface area contributed by atoms with E-state index in [9.17, 15) is 9.59 Å². The molecule has 0 saturated heterocycles. The minimum Gasteiger partial charge on any atom is -0.459 e. The molecular formula is C21H19ClN2O3S. The van der Waals surface area contributed by atoms with Crippen LogP contribution in [-0.2, 0) is 27.4 Å². The molecule has 0 bridgehead atoms. The molecule has 3 aromatic rings. The lowest BCUT2D eigenvalue weighted by Crippen LogP contribution is -2.27. The van der Waals surface area contributed by atoms with Gasteiger partial charge >= 0.3 is 5.97 Å². The Bertz CT molecular complexity index is 944. The highest BCUT2D eigenvalue weighted by Gasteiger charge is 2.10. The summed E-state index contributed by atoms with van der Waals surface area (Å²) in [6.45, 7) is 0.337. The van der Waals surface area contributed by atoms with Gasteiger partial charge in [-0.2, -0.15) is 0 Å². The van der Waals surface area contributed by atoms with Gasteiger partial charge in [-0.1, -0.05) is 60.1 Å². The Hall–Kier alpha value is -2.70. The fourth-order valence-electron chi connectivity index (χ4n) is 2.51. The number of hydrogen-bond donors (Lipinski definition) is 1. The molecule has 0 aliphatic rings. The molecule has 1 heterocycles. The van der Waals surface area contributed by atoms with Crippen molar-refractivity contribution in [3.05, 3.63) is 76.3 Å². The lowest BCUT2D eigenvalue weighted by Gasteiger charge is -2.06. The fraction of sp³-hybridized carbons (Fsp3) is 0.190. The standard InChI is InChI=1S/C21H19ClN2O3S/c22-18-9-5-4-8-17(18)21-24-16(14-28-21)13-27-20(26)10-11-23-19(25)12-15-6-2-1-3-7-15/h1-9,14H,10-13H2,(H,23,25). The smallest absolute Gasteiger partial charge is 0.307 e. The van der Waals surface area contributed by atoms with Crippen LogP contribution in [0, 0.1) is 0 Å². The summed E-state index contributed by atoms with van der Waals surface area (Å²) in [4.78, 5) is 28.2. The van der Waals surface area contributed by atoms with Gasteiger partial charge in [0.1, 0.15) is 11.6 Å². The number of benzene rings is 2. The monoisotopic (exact) mass is 414 g/mol. The molecule has 5 nitrogen and oxygen atoms in total. The molecular weight excluding hydrogens is 396 g/mol. The minimum atomic E-state index is -0.382. The number of esters is 1. The first-order valence-electron chi connectivity index (χ1n) is 8.77. The van der Waals surface area contributed by atoms with E-state index in [4.69, 9.17) is 16.3 Å². The van der Waals surface area contributed by atoms with Crippen LogP contribution >= 0.6 is 22.9 Å². The molecule has 0 fully saturated rings. The van der Waals surface area contributed by atoms with Gasteiger partial charge in [-0.3, -0.25) is 9.59 Å². The van der Waals surface area contributed by atoms with E-state index >= 15 is 0 Å². The zero-order valence-electron chi connectivity index (χ0n) is 15.1. The first-order chi connectivity index (χ1) is 13.6. The highest BCUT2D eigenvalue weighted by Crippen LogP contribution is 2.30. The van der Waals surface area contributed by atoms with E-state index in [0.717, 1.165) is 16.1 Å². The molecule has 0 unspecified atom stereocenters. The molecule has 7 heteroatoms. The summed E-state index contributed by atoms with van der Waals surface area (Å²) in [6.07, 6.45) is 0.404. The average molecular weight is 415 g/mol. The quantitative estimate of drug-likeness (QED) is 0.559. The van der Waals surface area contributed by atoms with Gasteiger partial charge in [-0.05, 0) is 11.6 Å². The van der Waals surface area contributed by atoms with Gasteiger partial charge in [0.15, 0.2) is 0 Å². The van der Waals surface area contributed by atoms with E-state index in [1.165, 1.54) is 11.3 Å². The second kappa shape index (κ2) is 10.0. The average Bonchev–Trinajstić information content (AvgIpc) is 3.16. The molecule has 0 atom stereocenters. The lowest BCUT2D eigenvalue weighted by molar-refractivity contribution is -0.144. The van der Waals surface area contributed by atoms with Gasteiger partial charge in [0, 0.05) is 17.5 Å². The number of halogens is 1. The largest absolute Gasteiger partial charge is 0.459 e. The molecule has 1 aromatic heterocycles. The third-order valence-electron chi connectivity index (χ3n) is 3.90. The number of ether oxygens (including phenoxy) is 1. The fourth-order valence-corrected chi connectivity index (χ4v) is 3.63. The Kier molecular flexibility index (Phi) is 7.17. The van der Waals surface area contributed by atoms with Crippen LogP contribution in [0.2, 0.25) is 5.02 Å². The van der Waals surface area contributed by atoms with Crippen LogP contribution in [0.25, 0.3) is 10.6 Å². The second-order valence-electron chi connectivity index (χ2n) is 6.05. The summed E-state index contributed by atoms with van der Waals surface area (Å²) in [5.41, 5.74) is 2.45. The molecule has 28 heavy (non-hydrogen) atoms. The van der Waals surface area contributed by atoms with Gasteiger partial charge < -0.3 is 10.1 Å². The summed E-state index contributed by atoms with van der Waals surface area (Å²) in [7, 11) is 0. The van der Waals surface area contributed by atoms with E-state index in [1.807, 2.05) is 60.0 Å². The third kappa shape index (κ3) is 5.90. The zero-order chi connectivity index (χ0) is 19.8. The maximum absolute atomic E-state index is 11.9. The number of amides is 1. The molecule has 0 radical (unpaired) electrons. The molecule has 144 valence electrons. The summed E-state index contributed by atoms with van der Waals surface area (Å²) in [5.74, 6) is -0.504. The van der Waals surface area contributed by atoms with Crippen molar-refractivity contribution in [1.29, 1.82) is 0 Å². The summed E-state index contributed by atoms with van der Waals surface area (Å²) >= 11 is 7.62. The summed E-state index contributed by atoms with van der Waals surface area (Å²) in [6, 6.07) is 16.9. The van der Waals surface area contributed by atoms with Crippen molar-refractivity contribution in [2.75, 3.05) is 6.54 Å². The van der Waals surface area contributed by atoms with E-state index in [-0.39, 0.29) is 31.4 Å². The maximum atomic E-state index is 11.9. The number of rotatable bonds is 8. The molecule has 0 aliphatic heterocycles. The van der Waals surface area contributed by atoms with Crippen LogP contribution < -0.4 is 5.32 Å². The SMILES string of the molecule is O=C(Cc1ccccc1)NCCC(=O)OCc1csc(-c2ccccc2Cl)n1. The lowest BCUT2D eigenvalue weighted by atomic mass is 10.1. The number of carbonyl (C=O) groups is 2. The highest BCUT2D eigenvalue weighted by atomic mass is 35.5. The predicted octanol–water partition coefficient (Wildman–Crippen LogP) is 4.26. The highest BCUT2D eigenvalue weighted by molar-refractivity contribution is 7.13. The van der Waals surface area contributed by atoms with Crippen LogP contribution in [0.3, 0.4) is 0 Å². The van der Waals surface area contributed by atoms with Crippen molar-refractivity contribution >= 4 is 34.8 Å². The number of carbonyl (C=O) groups excluding carboxylic acids is 2. The van der Waals surface area contributed by atoms with Crippen LogP contribution in [-0.4, -0.2) is 23.4 Å². The molecule has 0 saturated carbocycles. The van der Waals surface area contributed by atoms with Crippen molar-refractivity contribution in [3.8, 4) is 10.6 Å². The number of aromatic nitrogens is 1. The summed E-state index contributed by atoms with van der Waals surface area (Å²) < 4.78 is 5.23. The Labute approximate surface area is 172 Å². The molecule has 3 rings (SSSR count). The van der Waals surface area contributed by atoms with Crippen LogP contribution in [0.4, 0.5) is 0 Å². The number of nitrogens with one attached hydrogen (secondary N) is 1. The third-order valence-corrected chi connectivity index (χ3v) is 5.15. The molecule has 2 aromatic carbocycles. The number of nitrogens with zero attached hydrogens (tertiary/aromatic N) is 1. The van der Waals surface area contributed by atoms with Crippen LogP contribution in [0.5, 0.6) is 0 Å². The van der Waals surface area contributed by atoms with Crippen molar-refractivity contribution in [1.82, 2.24) is 10.3 Å². The van der Waals surface area contributed by atoms with Crippen molar-refractivity contribution in [2.24, 2.45) is 0 Å². The minimum absolute atomic E-state index is 0.0950. The van der Waals surface area contributed by atoms with Gasteiger partial charge in [0.25, 0.3) is 0 Å². The van der Waals surface area contributed by atoms with Crippen LogP contribution in [0.1, 0.15) is 17.7 Å². The van der Waals surface area contributed by atoms with Crippen molar-refractivity contribution in [3.63, 3.8) is 0 Å². The Morgan fingerprint density at radius 3 is 2.61 bits per heavy atom. The van der Waals surface area contributed by atoms with Gasteiger partial charge in [-0.25, -0.2) is 4.98 Å². The van der Waals surface area contributed by atoms with Gasteiger partial charge in [0.05, 0.1) is 23.6 Å². The molecule has 0 aliphatic carbocycles. The van der Waals surface area contributed by atoms with Crippen molar-refractivity contribution in [2.45, 2.75) is 19.4 Å². The second-order valence-corrected chi connectivity index (χ2v) is 7.31. The Morgan fingerprint density at radius 1 is 1.07 bits per heavy atom. The zero-order valence-corrected chi connectivity index (χ0v) is 16.6. The van der Waals surface area contributed by atoms with Gasteiger partial charge in [0.2, 0.25) is 5.91 Å². The topological polar surface area (TPSA) is 68.3 Å². The summed E-state index contributed by atoms with van der Waals surface area (Å²) in [5, 5.41) is 5.98. The normalized spacial score (nSPS) is 10.5. The van der Waals surface area contributed by atoms with E-state index < -0.39 is 0 Å². The number of hydrogen-bond acceptors (Lipinski definition) is 5. The maximum Gasteiger partial charge on any atom is 0.307 e. The van der Waals surface area contributed by atoms with Crippen LogP contribution in [0.15, 0.2) is 60.0 Å². The Morgan fingerprint density at radius 2 is 1.82 bits per heavy atom. The molecule has 1 amide bonds. The predicted molar refractivity (Wildman–Crippen MR) is 110 cm³/mol.